The fourth-order valence-corrected chi connectivity index (χ4v) is 2.40. The van der Waals surface area contributed by atoms with Crippen LogP contribution in [0.5, 0.6) is 0 Å². The van der Waals surface area contributed by atoms with E-state index in [-0.39, 0.29) is 18.5 Å². The van der Waals surface area contributed by atoms with Crippen molar-refractivity contribution in [3.8, 4) is 0 Å². The average molecular weight is 315 g/mol. The molecule has 22 heavy (non-hydrogen) atoms. The molecule has 0 saturated carbocycles. The van der Waals surface area contributed by atoms with Crippen LogP contribution in [0.2, 0.25) is 0 Å². The number of H-pyrrole nitrogens is 1. The minimum Gasteiger partial charge on any atom is -0.395 e. The SMILES string of the molecule is O=C(Nc1nc(=S)c2c(ncn2CCO)[nH]1)c1ccccc1. The first kappa shape index (κ1) is 14.4. The molecule has 0 fully saturated rings. The van der Waals surface area contributed by atoms with Gasteiger partial charge >= 0.3 is 0 Å². The Hall–Kier alpha value is -2.58. The zero-order valence-corrected chi connectivity index (χ0v) is 12.3. The highest BCUT2D eigenvalue weighted by molar-refractivity contribution is 7.71. The van der Waals surface area contributed by atoms with E-state index in [9.17, 15) is 4.79 Å². The summed E-state index contributed by atoms with van der Waals surface area (Å²) < 4.78 is 2.02. The molecule has 1 aromatic carbocycles. The van der Waals surface area contributed by atoms with Gasteiger partial charge in [0.25, 0.3) is 5.91 Å². The predicted molar refractivity (Wildman–Crippen MR) is 84.2 cm³/mol. The highest BCUT2D eigenvalue weighted by Gasteiger charge is 2.11. The van der Waals surface area contributed by atoms with Crippen LogP contribution in [0.25, 0.3) is 11.2 Å². The van der Waals surface area contributed by atoms with E-state index in [1.807, 2.05) is 6.07 Å². The number of rotatable bonds is 4. The molecular weight excluding hydrogens is 302 g/mol. The number of aromatic amines is 1. The van der Waals surface area contributed by atoms with Gasteiger partial charge in [0.15, 0.2) is 10.3 Å². The molecule has 0 atom stereocenters. The first-order valence-corrected chi connectivity index (χ1v) is 7.02. The number of carbonyl (C=O) groups excluding carboxylic acids is 1. The quantitative estimate of drug-likeness (QED) is 0.637. The third-order valence-corrected chi connectivity index (χ3v) is 3.38. The molecule has 2 heterocycles. The van der Waals surface area contributed by atoms with Crippen molar-refractivity contribution in [2.45, 2.75) is 6.54 Å². The lowest BCUT2D eigenvalue weighted by Crippen LogP contribution is -2.14. The van der Waals surface area contributed by atoms with E-state index < -0.39 is 0 Å². The van der Waals surface area contributed by atoms with E-state index in [0.717, 1.165) is 0 Å². The molecule has 3 aromatic rings. The van der Waals surface area contributed by atoms with Gasteiger partial charge in [0.2, 0.25) is 5.95 Å². The maximum Gasteiger partial charge on any atom is 0.257 e. The Labute approximate surface area is 130 Å². The normalized spacial score (nSPS) is 10.8. The summed E-state index contributed by atoms with van der Waals surface area (Å²) in [5, 5.41) is 11.7. The Bertz CT molecular complexity index is 872. The first-order chi connectivity index (χ1) is 10.7. The van der Waals surface area contributed by atoms with E-state index in [2.05, 4.69) is 20.3 Å². The van der Waals surface area contributed by atoms with Crippen LogP contribution < -0.4 is 5.32 Å². The fraction of sp³-hybridized carbons (Fsp3) is 0.143. The van der Waals surface area contributed by atoms with Crippen LogP contribution in [-0.4, -0.2) is 37.1 Å². The van der Waals surface area contributed by atoms with Crippen molar-refractivity contribution in [2.75, 3.05) is 11.9 Å². The van der Waals surface area contributed by atoms with Gasteiger partial charge in [-0.25, -0.2) is 9.97 Å². The number of hydrogen-bond acceptors (Lipinski definition) is 5. The van der Waals surface area contributed by atoms with Crippen molar-refractivity contribution in [1.29, 1.82) is 0 Å². The van der Waals surface area contributed by atoms with Gasteiger partial charge in [0, 0.05) is 12.1 Å². The second kappa shape index (κ2) is 6.04. The van der Waals surface area contributed by atoms with E-state index in [0.29, 0.717) is 27.9 Å². The highest BCUT2D eigenvalue weighted by atomic mass is 32.1. The molecule has 0 aliphatic rings. The van der Waals surface area contributed by atoms with Crippen LogP contribution in [-0.2, 0) is 6.54 Å². The Kier molecular flexibility index (Phi) is 3.94. The Morgan fingerprint density at radius 2 is 2.14 bits per heavy atom. The summed E-state index contributed by atoms with van der Waals surface area (Å²) in [6.45, 7) is 0.359. The van der Waals surface area contributed by atoms with E-state index in [1.165, 1.54) is 0 Å². The van der Waals surface area contributed by atoms with E-state index >= 15 is 0 Å². The van der Waals surface area contributed by atoms with Gasteiger partial charge in [-0.1, -0.05) is 30.4 Å². The average Bonchev–Trinajstić information content (AvgIpc) is 2.92. The Morgan fingerprint density at radius 3 is 2.86 bits per heavy atom. The van der Waals surface area contributed by atoms with Gasteiger partial charge in [-0.05, 0) is 12.1 Å². The Balaban J connectivity index is 1.93. The van der Waals surface area contributed by atoms with E-state index in [4.69, 9.17) is 17.3 Å². The van der Waals surface area contributed by atoms with Crippen LogP contribution in [0.3, 0.4) is 0 Å². The van der Waals surface area contributed by atoms with Gasteiger partial charge < -0.3 is 14.7 Å². The maximum atomic E-state index is 12.1. The second-order valence-corrected chi connectivity index (χ2v) is 4.96. The summed E-state index contributed by atoms with van der Waals surface area (Å²) in [5.41, 5.74) is 1.66. The summed E-state index contributed by atoms with van der Waals surface area (Å²) in [7, 11) is 0. The van der Waals surface area contributed by atoms with Crippen molar-refractivity contribution in [2.24, 2.45) is 0 Å². The van der Waals surface area contributed by atoms with Crippen LogP contribution in [0.1, 0.15) is 10.4 Å². The Morgan fingerprint density at radius 1 is 1.36 bits per heavy atom. The summed E-state index contributed by atoms with van der Waals surface area (Å²) in [5.74, 6) is -0.0477. The van der Waals surface area contributed by atoms with E-state index in [1.54, 1.807) is 35.2 Å². The number of aliphatic hydroxyl groups is 1. The number of imidazole rings is 1. The first-order valence-electron chi connectivity index (χ1n) is 6.61. The van der Waals surface area contributed by atoms with Crippen molar-refractivity contribution in [3.63, 3.8) is 0 Å². The number of nitrogens with zero attached hydrogens (tertiary/aromatic N) is 3. The van der Waals surface area contributed by atoms with Crippen LogP contribution >= 0.6 is 12.2 Å². The molecule has 0 bridgehead atoms. The van der Waals surface area contributed by atoms with Crippen LogP contribution in [0.15, 0.2) is 36.7 Å². The molecule has 112 valence electrons. The number of amides is 1. The number of anilines is 1. The van der Waals surface area contributed by atoms with Gasteiger partial charge in [0.05, 0.1) is 12.9 Å². The van der Waals surface area contributed by atoms with Crippen molar-refractivity contribution in [3.05, 3.63) is 46.9 Å². The van der Waals surface area contributed by atoms with Crippen molar-refractivity contribution < 1.29 is 9.90 Å². The van der Waals surface area contributed by atoms with Gasteiger partial charge in [-0.15, -0.1) is 0 Å². The molecule has 8 heteroatoms. The second-order valence-electron chi connectivity index (χ2n) is 4.57. The van der Waals surface area contributed by atoms with Gasteiger partial charge in [-0.2, -0.15) is 0 Å². The molecule has 0 unspecified atom stereocenters. The molecule has 3 N–H and O–H groups in total. The number of nitrogens with one attached hydrogen (secondary N) is 2. The monoisotopic (exact) mass is 315 g/mol. The lowest BCUT2D eigenvalue weighted by atomic mass is 10.2. The molecule has 0 radical (unpaired) electrons. The number of aliphatic hydroxyl groups excluding tert-OH is 1. The van der Waals surface area contributed by atoms with Crippen LogP contribution in [0.4, 0.5) is 5.95 Å². The topological polar surface area (TPSA) is 95.8 Å². The minimum absolute atomic E-state index is 0.0211. The summed E-state index contributed by atoms with van der Waals surface area (Å²) in [4.78, 5) is 23.4. The molecule has 0 spiro atoms. The number of benzene rings is 1. The summed E-state index contributed by atoms with van der Waals surface area (Å²) in [6, 6.07) is 8.81. The molecule has 0 aliphatic carbocycles. The smallest absolute Gasteiger partial charge is 0.257 e. The molecule has 3 rings (SSSR count). The lowest BCUT2D eigenvalue weighted by molar-refractivity contribution is 0.102. The molecule has 0 saturated heterocycles. The largest absolute Gasteiger partial charge is 0.395 e. The predicted octanol–water partition coefficient (Wildman–Crippen LogP) is 1.73. The van der Waals surface area contributed by atoms with Crippen molar-refractivity contribution >= 4 is 35.2 Å². The summed E-state index contributed by atoms with van der Waals surface area (Å²) in [6.07, 6.45) is 1.57. The number of fused-ring (bicyclic) bond motifs is 1. The minimum atomic E-state index is -0.284. The lowest BCUT2D eigenvalue weighted by Gasteiger charge is -2.05. The molecule has 2 aromatic heterocycles. The molecule has 7 nitrogen and oxygen atoms in total. The molecular formula is C14H13N5O2S. The zero-order chi connectivity index (χ0) is 15.5. The fourth-order valence-electron chi connectivity index (χ4n) is 2.10. The van der Waals surface area contributed by atoms with Crippen LogP contribution in [0, 0.1) is 4.64 Å². The third-order valence-electron chi connectivity index (χ3n) is 3.10. The highest BCUT2D eigenvalue weighted by Crippen LogP contribution is 2.14. The van der Waals surface area contributed by atoms with Gasteiger partial charge in [-0.3, -0.25) is 10.1 Å². The zero-order valence-electron chi connectivity index (χ0n) is 11.5. The number of hydrogen-bond donors (Lipinski definition) is 3. The molecule has 0 aliphatic heterocycles. The van der Waals surface area contributed by atoms with Crippen molar-refractivity contribution in [1.82, 2.24) is 19.5 Å². The third kappa shape index (κ3) is 2.74. The maximum absolute atomic E-state index is 12.1. The standard InChI is InChI=1S/C14H13N5O2S/c20-7-6-19-8-15-11-10(19)13(22)18-14(16-11)17-12(21)9-4-2-1-3-5-9/h1-5,8,20H,6-7H2,(H2,16,17,18,21,22). The van der Waals surface area contributed by atoms with Gasteiger partial charge in [0.1, 0.15) is 5.52 Å². The summed E-state index contributed by atoms with van der Waals surface area (Å²) >= 11 is 5.24. The number of carbonyl (C=O) groups is 1. The number of aromatic nitrogens is 4. The molecule has 1 amide bonds.